The molecule has 114 valence electrons. The molecule has 3 nitrogen and oxygen atoms in total. The van der Waals surface area contributed by atoms with E-state index < -0.39 is 17.7 Å². The maximum Gasteiger partial charge on any atom is 0.134 e. The van der Waals surface area contributed by atoms with E-state index >= 15 is 0 Å². The van der Waals surface area contributed by atoms with E-state index in [2.05, 4.69) is 5.10 Å². The fraction of sp³-hybridized carbons (Fsp3) is 0.438. The van der Waals surface area contributed by atoms with Gasteiger partial charge in [-0.25, -0.2) is 8.78 Å². The number of aromatic nitrogens is 2. The maximum atomic E-state index is 14.0. The summed E-state index contributed by atoms with van der Waals surface area (Å²) >= 11 is 0. The van der Waals surface area contributed by atoms with E-state index in [0.29, 0.717) is 12.0 Å². The van der Waals surface area contributed by atoms with Crippen LogP contribution in [0.2, 0.25) is 0 Å². The van der Waals surface area contributed by atoms with Gasteiger partial charge in [-0.3, -0.25) is 4.68 Å². The minimum absolute atomic E-state index is 0.241. The lowest BCUT2D eigenvalue weighted by molar-refractivity contribution is 0.158. The van der Waals surface area contributed by atoms with Gasteiger partial charge in [-0.15, -0.1) is 0 Å². The SMILES string of the molecule is Cc1ccc(F)c(C(O)CCc2c(C)nn(C)c2C)c1F. The highest BCUT2D eigenvalue weighted by molar-refractivity contribution is 5.29. The Hall–Kier alpha value is -1.75. The van der Waals surface area contributed by atoms with Crippen molar-refractivity contribution >= 4 is 0 Å². The number of halogens is 2. The van der Waals surface area contributed by atoms with Crippen molar-refractivity contribution in [2.24, 2.45) is 7.05 Å². The monoisotopic (exact) mass is 294 g/mol. The molecule has 0 saturated carbocycles. The molecule has 0 aliphatic heterocycles. The third-order valence-electron chi connectivity index (χ3n) is 3.98. The summed E-state index contributed by atoms with van der Waals surface area (Å²) in [5.74, 6) is -1.37. The molecule has 1 aromatic heterocycles. The summed E-state index contributed by atoms with van der Waals surface area (Å²) in [4.78, 5) is 0. The van der Waals surface area contributed by atoms with Gasteiger partial charge in [-0.1, -0.05) is 6.07 Å². The Morgan fingerprint density at radius 3 is 2.48 bits per heavy atom. The van der Waals surface area contributed by atoms with E-state index in [1.54, 1.807) is 11.6 Å². The van der Waals surface area contributed by atoms with Gasteiger partial charge in [0, 0.05) is 12.7 Å². The van der Waals surface area contributed by atoms with Crippen molar-refractivity contribution in [3.63, 3.8) is 0 Å². The van der Waals surface area contributed by atoms with Crippen LogP contribution in [-0.2, 0) is 13.5 Å². The number of aryl methyl sites for hydroxylation is 3. The van der Waals surface area contributed by atoms with E-state index in [-0.39, 0.29) is 12.0 Å². The number of aliphatic hydroxyl groups excluding tert-OH is 1. The number of rotatable bonds is 4. The van der Waals surface area contributed by atoms with Gasteiger partial charge < -0.3 is 5.11 Å². The third-order valence-corrected chi connectivity index (χ3v) is 3.98. The first-order valence-corrected chi connectivity index (χ1v) is 6.94. The molecule has 21 heavy (non-hydrogen) atoms. The number of aliphatic hydroxyl groups is 1. The summed E-state index contributed by atoms with van der Waals surface area (Å²) in [5.41, 5.74) is 3.00. The van der Waals surface area contributed by atoms with Gasteiger partial charge in [0.25, 0.3) is 0 Å². The van der Waals surface area contributed by atoms with E-state index in [0.717, 1.165) is 17.0 Å². The lowest BCUT2D eigenvalue weighted by Gasteiger charge is -2.14. The molecule has 0 fully saturated rings. The summed E-state index contributed by atoms with van der Waals surface area (Å²) in [5, 5.41) is 14.4. The molecule has 1 aromatic carbocycles. The zero-order valence-corrected chi connectivity index (χ0v) is 12.7. The van der Waals surface area contributed by atoms with Gasteiger partial charge in [0.15, 0.2) is 0 Å². The van der Waals surface area contributed by atoms with Crippen LogP contribution < -0.4 is 0 Å². The Bertz CT molecular complexity index is 665. The van der Waals surface area contributed by atoms with Gasteiger partial charge >= 0.3 is 0 Å². The maximum absolute atomic E-state index is 14.0. The second kappa shape index (κ2) is 5.93. The minimum atomic E-state index is -1.16. The first-order chi connectivity index (χ1) is 9.82. The van der Waals surface area contributed by atoms with Crippen LogP contribution in [0.15, 0.2) is 12.1 Å². The Labute approximate surface area is 123 Å². The highest BCUT2D eigenvalue weighted by Gasteiger charge is 2.20. The van der Waals surface area contributed by atoms with Crippen LogP contribution in [0.3, 0.4) is 0 Å². The molecule has 0 aliphatic carbocycles. The van der Waals surface area contributed by atoms with Crippen LogP contribution in [0.25, 0.3) is 0 Å². The molecule has 0 bridgehead atoms. The van der Waals surface area contributed by atoms with Gasteiger partial charge in [0.05, 0.1) is 17.4 Å². The van der Waals surface area contributed by atoms with E-state index in [1.165, 1.54) is 12.1 Å². The second-order valence-electron chi connectivity index (χ2n) is 5.42. The average molecular weight is 294 g/mol. The molecule has 0 saturated heterocycles. The number of benzene rings is 1. The fourth-order valence-electron chi connectivity index (χ4n) is 2.59. The molecule has 0 radical (unpaired) electrons. The zero-order valence-electron chi connectivity index (χ0n) is 12.7. The van der Waals surface area contributed by atoms with E-state index in [1.807, 2.05) is 20.9 Å². The van der Waals surface area contributed by atoms with Gasteiger partial charge in [0.2, 0.25) is 0 Å². The summed E-state index contributed by atoms with van der Waals surface area (Å²) in [6.07, 6.45) is -0.381. The standard InChI is InChI=1S/C16H20F2N2O/c1-9-5-7-13(17)15(16(9)18)14(21)8-6-12-10(2)19-20(4)11(12)3/h5,7,14,21H,6,8H2,1-4H3. The Balaban J connectivity index is 2.19. The molecule has 2 aromatic rings. The van der Waals surface area contributed by atoms with Crippen LogP contribution in [0.5, 0.6) is 0 Å². The van der Waals surface area contributed by atoms with Crippen LogP contribution in [0, 0.1) is 32.4 Å². The molecule has 1 N–H and O–H groups in total. The molecule has 2 rings (SSSR count). The summed E-state index contributed by atoms with van der Waals surface area (Å²) in [6, 6.07) is 2.56. The molecule has 1 unspecified atom stereocenters. The topological polar surface area (TPSA) is 38.1 Å². The largest absolute Gasteiger partial charge is 0.388 e. The van der Waals surface area contributed by atoms with E-state index in [4.69, 9.17) is 0 Å². The highest BCUT2D eigenvalue weighted by atomic mass is 19.1. The van der Waals surface area contributed by atoms with Crippen LogP contribution in [-0.4, -0.2) is 14.9 Å². The van der Waals surface area contributed by atoms with Crippen LogP contribution in [0.4, 0.5) is 8.78 Å². The van der Waals surface area contributed by atoms with Gasteiger partial charge in [-0.05, 0) is 50.8 Å². The lowest BCUT2D eigenvalue weighted by atomic mass is 9.98. The predicted octanol–water partition coefficient (Wildman–Crippen LogP) is 3.29. The normalized spacial score (nSPS) is 12.7. The van der Waals surface area contributed by atoms with Crippen molar-refractivity contribution in [2.45, 2.75) is 39.7 Å². The fourth-order valence-corrected chi connectivity index (χ4v) is 2.59. The number of hydrogen-bond donors (Lipinski definition) is 1. The quantitative estimate of drug-likeness (QED) is 0.939. The second-order valence-corrected chi connectivity index (χ2v) is 5.42. The molecule has 5 heteroatoms. The molecule has 0 spiro atoms. The van der Waals surface area contributed by atoms with Crippen molar-refractivity contribution in [2.75, 3.05) is 0 Å². The highest BCUT2D eigenvalue weighted by Crippen LogP contribution is 2.27. The molecular formula is C16H20F2N2O. The number of nitrogens with zero attached hydrogens (tertiary/aromatic N) is 2. The number of hydrogen-bond acceptors (Lipinski definition) is 2. The molecular weight excluding hydrogens is 274 g/mol. The molecule has 1 atom stereocenters. The van der Waals surface area contributed by atoms with Crippen molar-refractivity contribution in [1.82, 2.24) is 9.78 Å². The smallest absolute Gasteiger partial charge is 0.134 e. The zero-order chi connectivity index (χ0) is 15.7. The summed E-state index contributed by atoms with van der Waals surface area (Å²) < 4.78 is 29.5. The van der Waals surface area contributed by atoms with Crippen LogP contribution in [0.1, 0.15) is 40.6 Å². The first-order valence-electron chi connectivity index (χ1n) is 6.94. The molecule has 0 aliphatic rings. The Morgan fingerprint density at radius 2 is 1.90 bits per heavy atom. The van der Waals surface area contributed by atoms with Gasteiger partial charge in [-0.2, -0.15) is 5.10 Å². The summed E-state index contributed by atoms with van der Waals surface area (Å²) in [7, 11) is 1.85. The lowest BCUT2D eigenvalue weighted by Crippen LogP contribution is -2.07. The van der Waals surface area contributed by atoms with Crippen molar-refractivity contribution < 1.29 is 13.9 Å². The third kappa shape index (κ3) is 2.97. The minimum Gasteiger partial charge on any atom is -0.388 e. The Morgan fingerprint density at radius 1 is 1.24 bits per heavy atom. The van der Waals surface area contributed by atoms with Crippen molar-refractivity contribution in [1.29, 1.82) is 0 Å². The van der Waals surface area contributed by atoms with E-state index in [9.17, 15) is 13.9 Å². The van der Waals surface area contributed by atoms with Crippen molar-refractivity contribution in [3.8, 4) is 0 Å². The summed E-state index contributed by atoms with van der Waals surface area (Å²) in [6.45, 7) is 5.39. The van der Waals surface area contributed by atoms with Crippen molar-refractivity contribution in [3.05, 3.63) is 51.8 Å². The van der Waals surface area contributed by atoms with Gasteiger partial charge in [0.1, 0.15) is 11.6 Å². The molecule has 1 heterocycles. The molecule has 0 amide bonds. The Kier molecular flexibility index (Phi) is 4.42. The van der Waals surface area contributed by atoms with Crippen LogP contribution >= 0.6 is 0 Å². The first kappa shape index (κ1) is 15.6. The average Bonchev–Trinajstić information content (AvgIpc) is 2.66. The predicted molar refractivity (Wildman–Crippen MR) is 77.1 cm³/mol.